The van der Waals surface area contributed by atoms with Crippen LogP contribution in [0.25, 0.3) is 0 Å². The molecule has 2 saturated heterocycles. The molecule has 0 N–H and O–H groups in total. The molecular formula is C21H27N3O2. The molecule has 0 amide bonds. The highest BCUT2D eigenvalue weighted by Crippen LogP contribution is 2.42. The molecule has 2 aromatic rings. The minimum absolute atomic E-state index is 0.195. The van der Waals surface area contributed by atoms with Crippen LogP contribution in [0.2, 0.25) is 0 Å². The van der Waals surface area contributed by atoms with Gasteiger partial charge in [0.05, 0.1) is 24.6 Å². The van der Waals surface area contributed by atoms with Crippen LogP contribution in [0, 0.1) is 12.3 Å². The number of hydrogen-bond donors (Lipinski definition) is 0. The SMILES string of the molecule is Cc1cccc(CN2CCC3(CC2)CO[C@@H](COc2cccnc2)C3)n1. The van der Waals surface area contributed by atoms with Gasteiger partial charge >= 0.3 is 0 Å². The Morgan fingerprint density at radius 3 is 2.88 bits per heavy atom. The van der Waals surface area contributed by atoms with Crippen LogP contribution in [-0.4, -0.2) is 47.3 Å². The zero-order valence-electron chi connectivity index (χ0n) is 15.4. The zero-order valence-corrected chi connectivity index (χ0v) is 15.4. The normalized spacial score (nSPS) is 22.6. The Kier molecular flexibility index (Phi) is 5.18. The average Bonchev–Trinajstić information content (AvgIpc) is 3.06. The van der Waals surface area contributed by atoms with E-state index in [4.69, 9.17) is 9.47 Å². The summed E-state index contributed by atoms with van der Waals surface area (Å²) < 4.78 is 11.9. The lowest BCUT2D eigenvalue weighted by atomic mass is 9.76. The molecule has 1 atom stereocenters. The Bertz CT molecular complexity index is 714. The van der Waals surface area contributed by atoms with E-state index in [1.165, 1.54) is 18.5 Å². The predicted molar refractivity (Wildman–Crippen MR) is 100 cm³/mol. The van der Waals surface area contributed by atoms with Crippen molar-refractivity contribution in [2.24, 2.45) is 5.41 Å². The number of hydrogen-bond acceptors (Lipinski definition) is 5. The Morgan fingerprint density at radius 1 is 1.23 bits per heavy atom. The van der Waals surface area contributed by atoms with Gasteiger partial charge in [-0.2, -0.15) is 0 Å². The predicted octanol–water partition coefficient (Wildman–Crippen LogP) is 3.24. The van der Waals surface area contributed by atoms with Gasteiger partial charge in [-0.25, -0.2) is 0 Å². The van der Waals surface area contributed by atoms with E-state index in [0.29, 0.717) is 12.0 Å². The van der Waals surface area contributed by atoms with Crippen molar-refractivity contribution in [3.8, 4) is 5.75 Å². The largest absolute Gasteiger partial charge is 0.489 e. The van der Waals surface area contributed by atoms with Gasteiger partial charge in [-0.3, -0.25) is 14.9 Å². The topological polar surface area (TPSA) is 47.5 Å². The fraction of sp³-hybridized carbons (Fsp3) is 0.524. The van der Waals surface area contributed by atoms with Crippen LogP contribution in [0.3, 0.4) is 0 Å². The van der Waals surface area contributed by atoms with E-state index in [1.54, 1.807) is 12.4 Å². The zero-order chi connectivity index (χ0) is 17.8. The van der Waals surface area contributed by atoms with Crippen molar-refractivity contribution in [2.45, 2.75) is 38.8 Å². The van der Waals surface area contributed by atoms with Crippen LogP contribution in [0.4, 0.5) is 0 Å². The van der Waals surface area contributed by atoms with Gasteiger partial charge in [0, 0.05) is 18.4 Å². The molecule has 0 aliphatic carbocycles. The van der Waals surface area contributed by atoms with Gasteiger partial charge in [-0.1, -0.05) is 6.07 Å². The third kappa shape index (κ3) is 4.22. The number of nitrogens with zero attached hydrogens (tertiary/aromatic N) is 3. The molecule has 0 bridgehead atoms. The molecule has 4 rings (SSSR count). The maximum Gasteiger partial charge on any atom is 0.137 e. The summed E-state index contributed by atoms with van der Waals surface area (Å²) >= 11 is 0. The van der Waals surface area contributed by atoms with Gasteiger partial charge in [0.2, 0.25) is 0 Å². The van der Waals surface area contributed by atoms with Crippen molar-refractivity contribution in [1.82, 2.24) is 14.9 Å². The molecule has 5 nitrogen and oxygen atoms in total. The summed E-state index contributed by atoms with van der Waals surface area (Å²) in [5.74, 6) is 0.817. The van der Waals surface area contributed by atoms with Crippen molar-refractivity contribution in [1.29, 1.82) is 0 Å². The van der Waals surface area contributed by atoms with Gasteiger partial charge in [0.1, 0.15) is 12.4 Å². The lowest BCUT2D eigenvalue weighted by Crippen LogP contribution is -2.40. The van der Waals surface area contributed by atoms with Gasteiger partial charge < -0.3 is 9.47 Å². The first kappa shape index (κ1) is 17.4. The van der Waals surface area contributed by atoms with E-state index in [0.717, 1.165) is 44.1 Å². The quantitative estimate of drug-likeness (QED) is 0.826. The summed E-state index contributed by atoms with van der Waals surface area (Å²) in [6, 6.07) is 10.1. The van der Waals surface area contributed by atoms with Gasteiger partial charge in [0.25, 0.3) is 0 Å². The molecule has 138 valence electrons. The second-order valence-corrected chi connectivity index (χ2v) is 7.68. The molecule has 2 aliphatic rings. The van der Waals surface area contributed by atoms with Crippen molar-refractivity contribution >= 4 is 0 Å². The number of likely N-dealkylation sites (tertiary alicyclic amines) is 1. The Labute approximate surface area is 155 Å². The highest BCUT2D eigenvalue weighted by atomic mass is 16.5. The molecule has 2 fully saturated rings. The molecule has 0 unspecified atom stereocenters. The summed E-state index contributed by atoms with van der Waals surface area (Å²) in [5.41, 5.74) is 2.60. The Morgan fingerprint density at radius 2 is 2.12 bits per heavy atom. The molecule has 0 aromatic carbocycles. The first-order valence-electron chi connectivity index (χ1n) is 9.50. The second-order valence-electron chi connectivity index (χ2n) is 7.68. The molecule has 2 aromatic heterocycles. The van der Waals surface area contributed by atoms with Gasteiger partial charge in [-0.05, 0) is 69.0 Å². The first-order chi connectivity index (χ1) is 12.7. The standard InChI is InChI=1S/C21H27N3O2/c1-17-4-2-5-18(23-17)14-24-10-7-21(8-11-24)12-20(26-16-21)15-25-19-6-3-9-22-13-19/h2-6,9,13,20H,7-8,10-12,14-16H2,1H3/t20-/m1/s1. The summed E-state index contributed by atoms with van der Waals surface area (Å²) in [7, 11) is 0. The molecule has 4 heterocycles. The van der Waals surface area contributed by atoms with Crippen molar-refractivity contribution < 1.29 is 9.47 Å². The van der Waals surface area contributed by atoms with E-state index >= 15 is 0 Å². The molecule has 26 heavy (non-hydrogen) atoms. The number of piperidine rings is 1. The summed E-state index contributed by atoms with van der Waals surface area (Å²) in [6.07, 6.45) is 7.20. The summed E-state index contributed by atoms with van der Waals surface area (Å²) in [6.45, 7) is 6.73. The number of ether oxygens (including phenoxy) is 2. The monoisotopic (exact) mass is 353 g/mol. The van der Waals surface area contributed by atoms with E-state index in [9.17, 15) is 0 Å². The lowest BCUT2D eigenvalue weighted by molar-refractivity contribution is 0.0468. The van der Waals surface area contributed by atoms with E-state index in [-0.39, 0.29) is 6.10 Å². The number of aryl methyl sites for hydroxylation is 1. The van der Waals surface area contributed by atoms with Crippen molar-refractivity contribution in [3.63, 3.8) is 0 Å². The average molecular weight is 353 g/mol. The maximum absolute atomic E-state index is 6.06. The Hall–Kier alpha value is -1.98. The molecule has 0 saturated carbocycles. The van der Waals surface area contributed by atoms with Crippen LogP contribution in [0.5, 0.6) is 5.75 Å². The van der Waals surface area contributed by atoms with Crippen LogP contribution >= 0.6 is 0 Å². The number of aromatic nitrogens is 2. The van der Waals surface area contributed by atoms with Crippen LogP contribution in [-0.2, 0) is 11.3 Å². The number of pyridine rings is 2. The van der Waals surface area contributed by atoms with Crippen LogP contribution < -0.4 is 4.74 Å². The fourth-order valence-electron chi connectivity index (χ4n) is 4.07. The summed E-state index contributed by atoms with van der Waals surface area (Å²) in [5, 5.41) is 0. The molecule has 1 spiro atoms. The lowest BCUT2D eigenvalue weighted by Gasteiger charge is -2.38. The molecular weight excluding hydrogens is 326 g/mol. The van der Waals surface area contributed by atoms with Crippen LogP contribution in [0.1, 0.15) is 30.7 Å². The minimum Gasteiger partial charge on any atom is -0.489 e. The number of rotatable bonds is 5. The smallest absolute Gasteiger partial charge is 0.137 e. The Balaban J connectivity index is 1.25. The van der Waals surface area contributed by atoms with Crippen molar-refractivity contribution in [2.75, 3.05) is 26.3 Å². The fourth-order valence-corrected chi connectivity index (χ4v) is 4.07. The molecule has 5 heteroatoms. The van der Waals surface area contributed by atoms with E-state index < -0.39 is 0 Å². The highest BCUT2D eigenvalue weighted by Gasteiger charge is 2.42. The highest BCUT2D eigenvalue weighted by molar-refractivity contribution is 5.15. The minimum atomic E-state index is 0.195. The summed E-state index contributed by atoms with van der Waals surface area (Å²) in [4.78, 5) is 11.2. The third-order valence-electron chi connectivity index (χ3n) is 5.60. The first-order valence-corrected chi connectivity index (χ1v) is 9.50. The van der Waals surface area contributed by atoms with Gasteiger partial charge in [-0.15, -0.1) is 0 Å². The second kappa shape index (κ2) is 7.72. The maximum atomic E-state index is 6.06. The van der Waals surface area contributed by atoms with E-state index in [2.05, 4.69) is 40.0 Å². The van der Waals surface area contributed by atoms with Crippen molar-refractivity contribution in [3.05, 3.63) is 54.1 Å². The molecule has 0 radical (unpaired) electrons. The molecule has 2 aliphatic heterocycles. The third-order valence-corrected chi connectivity index (χ3v) is 5.60. The van der Waals surface area contributed by atoms with Gasteiger partial charge in [0.15, 0.2) is 0 Å². The van der Waals surface area contributed by atoms with E-state index in [1.807, 2.05) is 12.1 Å². The van der Waals surface area contributed by atoms with Crippen LogP contribution in [0.15, 0.2) is 42.7 Å².